The van der Waals surface area contributed by atoms with Gasteiger partial charge in [-0.2, -0.15) is 0 Å². The van der Waals surface area contributed by atoms with Gasteiger partial charge in [-0.25, -0.2) is 0 Å². The van der Waals surface area contributed by atoms with Crippen molar-refractivity contribution < 1.29 is 9.59 Å². The fourth-order valence-corrected chi connectivity index (χ4v) is 3.61. The number of carbonyl (C=O) groups is 2. The molecule has 1 aliphatic carbocycles. The van der Waals surface area contributed by atoms with Gasteiger partial charge in [0.1, 0.15) is 0 Å². The van der Waals surface area contributed by atoms with Gasteiger partial charge in [-0.1, -0.05) is 29.8 Å². The molecule has 1 heterocycles. The van der Waals surface area contributed by atoms with Gasteiger partial charge in [0, 0.05) is 42.7 Å². The monoisotopic (exact) mass is 346 g/mol. The first-order chi connectivity index (χ1) is 11.6. The van der Waals surface area contributed by atoms with Crippen LogP contribution >= 0.6 is 11.6 Å². The van der Waals surface area contributed by atoms with Crippen molar-refractivity contribution in [1.29, 1.82) is 0 Å². The number of amides is 2. The maximum absolute atomic E-state index is 12.7. The minimum absolute atomic E-state index is 0.00704. The van der Waals surface area contributed by atoms with E-state index in [1.807, 2.05) is 9.80 Å². The Morgan fingerprint density at radius 2 is 1.83 bits per heavy atom. The van der Waals surface area contributed by atoms with E-state index in [2.05, 4.69) is 12.2 Å². The maximum atomic E-state index is 12.7. The summed E-state index contributed by atoms with van der Waals surface area (Å²) in [7, 11) is 0. The second-order valence-electron chi connectivity index (χ2n) is 6.46. The van der Waals surface area contributed by atoms with Crippen LogP contribution in [0.4, 0.5) is 0 Å². The number of halogens is 1. The van der Waals surface area contributed by atoms with Crippen molar-refractivity contribution >= 4 is 23.4 Å². The van der Waals surface area contributed by atoms with Crippen LogP contribution in [0.2, 0.25) is 5.02 Å². The summed E-state index contributed by atoms with van der Waals surface area (Å²) >= 11 is 5.98. The molecule has 4 nitrogen and oxygen atoms in total. The highest BCUT2D eigenvalue weighted by atomic mass is 35.5. The molecule has 0 bridgehead atoms. The van der Waals surface area contributed by atoms with E-state index in [0.717, 1.165) is 32.2 Å². The molecule has 24 heavy (non-hydrogen) atoms. The second-order valence-corrected chi connectivity index (χ2v) is 6.90. The molecule has 1 aromatic rings. The molecule has 5 heteroatoms. The van der Waals surface area contributed by atoms with Crippen LogP contribution in [0.25, 0.3) is 0 Å². The molecule has 0 saturated carbocycles. The topological polar surface area (TPSA) is 40.6 Å². The molecule has 1 atom stereocenters. The van der Waals surface area contributed by atoms with Crippen LogP contribution < -0.4 is 0 Å². The summed E-state index contributed by atoms with van der Waals surface area (Å²) in [6.07, 6.45) is 7.86. The smallest absolute Gasteiger partial charge is 0.253 e. The van der Waals surface area contributed by atoms with Crippen molar-refractivity contribution in [3.05, 3.63) is 47.0 Å². The molecule has 3 rings (SSSR count). The van der Waals surface area contributed by atoms with Crippen LogP contribution in [-0.2, 0) is 4.79 Å². The molecule has 1 saturated heterocycles. The van der Waals surface area contributed by atoms with Gasteiger partial charge in [0.25, 0.3) is 5.91 Å². The molecule has 1 aromatic carbocycles. The van der Waals surface area contributed by atoms with Gasteiger partial charge in [0.05, 0.1) is 0 Å². The number of rotatable bonds is 2. The SMILES string of the molecule is O=C(c1cccc(Cl)c1)N1CCCN(C(=O)C2CC=CCC2)CC1. The fourth-order valence-electron chi connectivity index (χ4n) is 3.42. The summed E-state index contributed by atoms with van der Waals surface area (Å²) in [5.74, 6) is 0.356. The van der Waals surface area contributed by atoms with E-state index in [0.29, 0.717) is 30.2 Å². The molecule has 1 aliphatic heterocycles. The van der Waals surface area contributed by atoms with Gasteiger partial charge < -0.3 is 9.80 Å². The molecule has 1 unspecified atom stereocenters. The predicted molar refractivity (Wildman–Crippen MR) is 95.0 cm³/mol. The number of benzene rings is 1. The summed E-state index contributed by atoms with van der Waals surface area (Å²) in [6, 6.07) is 7.04. The zero-order chi connectivity index (χ0) is 16.9. The summed E-state index contributed by atoms with van der Waals surface area (Å²) in [6.45, 7) is 2.61. The molecular weight excluding hydrogens is 324 g/mol. The summed E-state index contributed by atoms with van der Waals surface area (Å²) in [4.78, 5) is 29.1. The molecule has 1 fully saturated rings. The third kappa shape index (κ3) is 3.99. The van der Waals surface area contributed by atoms with E-state index < -0.39 is 0 Å². The lowest BCUT2D eigenvalue weighted by molar-refractivity contribution is -0.135. The average molecular weight is 347 g/mol. The largest absolute Gasteiger partial charge is 0.341 e. The van der Waals surface area contributed by atoms with E-state index in [9.17, 15) is 9.59 Å². The van der Waals surface area contributed by atoms with Crippen molar-refractivity contribution in [2.45, 2.75) is 25.7 Å². The molecule has 0 spiro atoms. The molecule has 2 amide bonds. The predicted octanol–water partition coefficient (Wildman–Crippen LogP) is 3.37. The van der Waals surface area contributed by atoms with Gasteiger partial charge in [-0.3, -0.25) is 9.59 Å². The van der Waals surface area contributed by atoms with Crippen molar-refractivity contribution in [3.8, 4) is 0 Å². The van der Waals surface area contributed by atoms with Gasteiger partial charge in [-0.05, 0) is 43.9 Å². The Labute approximate surface area is 148 Å². The number of carbonyl (C=O) groups excluding carboxylic acids is 2. The zero-order valence-electron chi connectivity index (χ0n) is 13.8. The summed E-state index contributed by atoms with van der Waals surface area (Å²) in [5.41, 5.74) is 0.611. The average Bonchev–Trinajstić information content (AvgIpc) is 2.87. The van der Waals surface area contributed by atoms with Gasteiger partial charge in [-0.15, -0.1) is 0 Å². The van der Waals surface area contributed by atoms with E-state index in [4.69, 9.17) is 11.6 Å². The van der Waals surface area contributed by atoms with E-state index >= 15 is 0 Å². The van der Waals surface area contributed by atoms with E-state index in [1.165, 1.54) is 0 Å². The van der Waals surface area contributed by atoms with Crippen LogP contribution in [0, 0.1) is 5.92 Å². The Balaban J connectivity index is 1.61. The lowest BCUT2D eigenvalue weighted by atomic mass is 9.93. The number of hydrogen-bond donors (Lipinski definition) is 0. The number of hydrogen-bond acceptors (Lipinski definition) is 2. The van der Waals surface area contributed by atoms with Crippen LogP contribution in [-0.4, -0.2) is 47.8 Å². The number of allylic oxidation sites excluding steroid dienone is 2. The Kier molecular flexibility index (Phi) is 5.56. The van der Waals surface area contributed by atoms with Gasteiger partial charge in [0.2, 0.25) is 5.91 Å². The van der Waals surface area contributed by atoms with Crippen LogP contribution in [0.1, 0.15) is 36.0 Å². The minimum Gasteiger partial charge on any atom is -0.341 e. The van der Waals surface area contributed by atoms with Crippen LogP contribution in [0.5, 0.6) is 0 Å². The standard InChI is InChI=1S/C19H23ClN2O2/c20-17-9-4-8-16(14-17)19(24)22-11-5-10-21(12-13-22)18(23)15-6-2-1-3-7-15/h1-2,4,8-9,14-15H,3,5-7,10-13H2. The summed E-state index contributed by atoms with van der Waals surface area (Å²) in [5, 5.41) is 0.567. The molecule has 0 radical (unpaired) electrons. The molecule has 128 valence electrons. The first kappa shape index (κ1) is 17.0. The first-order valence-electron chi connectivity index (χ1n) is 8.64. The summed E-state index contributed by atoms with van der Waals surface area (Å²) < 4.78 is 0. The van der Waals surface area contributed by atoms with Crippen LogP contribution in [0.3, 0.4) is 0 Å². The minimum atomic E-state index is -0.00704. The van der Waals surface area contributed by atoms with Gasteiger partial charge in [0.15, 0.2) is 0 Å². The van der Waals surface area contributed by atoms with Crippen molar-refractivity contribution in [2.24, 2.45) is 5.92 Å². The third-order valence-corrected chi connectivity index (χ3v) is 5.02. The molecular formula is C19H23ClN2O2. The first-order valence-corrected chi connectivity index (χ1v) is 9.01. The van der Waals surface area contributed by atoms with E-state index in [1.54, 1.807) is 24.3 Å². The Morgan fingerprint density at radius 1 is 1.04 bits per heavy atom. The Hall–Kier alpha value is -1.81. The van der Waals surface area contributed by atoms with E-state index in [-0.39, 0.29) is 17.7 Å². The fraction of sp³-hybridized carbons (Fsp3) is 0.474. The molecule has 2 aliphatic rings. The normalized spacial score (nSPS) is 21.5. The van der Waals surface area contributed by atoms with Crippen molar-refractivity contribution in [3.63, 3.8) is 0 Å². The lowest BCUT2D eigenvalue weighted by Crippen LogP contribution is -2.40. The van der Waals surface area contributed by atoms with Crippen molar-refractivity contribution in [1.82, 2.24) is 9.80 Å². The maximum Gasteiger partial charge on any atom is 0.253 e. The zero-order valence-corrected chi connectivity index (χ0v) is 14.5. The Bertz CT molecular complexity index is 644. The third-order valence-electron chi connectivity index (χ3n) is 4.78. The molecule has 0 N–H and O–H groups in total. The van der Waals surface area contributed by atoms with Crippen molar-refractivity contribution in [2.75, 3.05) is 26.2 Å². The highest BCUT2D eigenvalue weighted by Crippen LogP contribution is 2.22. The number of nitrogens with zero attached hydrogens (tertiary/aromatic N) is 2. The lowest BCUT2D eigenvalue weighted by Gasteiger charge is -2.27. The van der Waals surface area contributed by atoms with Gasteiger partial charge >= 0.3 is 0 Å². The Morgan fingerprint density at radius 3 is 2.58 bits per heavy atom. The highest BCUT2D eigenvalue weighted by molar-refractivity contribution is 6.30. The molecule has 0 aromatic heterocycles. The highest BCUT2D eigenvalue weighted by Gasteiger charge is 2.27. The van der Waals surface area contributed by atoms with Crippen LogP contribution in [0.15, 0.2) is 36.4 Å². The second kappa shape index (κ2) is 7.84. The quantitative estimate of drug-likeness (QED) is 0.770.